The molecule has 1 saturated heterocycles. The lowest BCUT2D eigenvalue weighted by Crippen LogP contribution is -2.47. The van der Waals surface area contributed by atoms with Crippen molar-refractivity contribution in [2.75, 3.05) is 20.1 Å². The summed E-state index contributed by atoms with van der Waals surface area (Å²) in [6.07, 6.45) is 1.96. The fourth-order valence-corrected chi connectivity index (χ4v) is 3.24. The van der Waals surface area contributed by atoms with E-state index in [0.29, 0.717) is 12.1 Å². The minimum Gasteiger partial charge on any atom is -0.490 e. The van der Waals surface area contributed by atoms with Crippen LogP contribution < -0.4 is 14.8 Å². The second kappa shape index (κ2) is 11.8. The molecule has 3 rings (SSSR count). The highest BCUT2D eigenvalue weighted by molar-refractivity contribution is 14.0. The molecule has 2 aromatic carbocycles. The average Bonchev–Trinajstić information content (AvgIpc) is 2.71. The molecule has 0 aliphatic carbocycles. The number of piperidine rings is 1. The van der Waals surface area contributed by atoms with Crippen LogP contribution >= 0.6 is 24.0 Å². The smallest absolute Gasteiger partial charge is 0.387 e. The van der Waals surface area contributed by atoms with E-state index >= 15 is 0 Å². The van der Waals surface area contributed by atoms with E-state index < -0.39 is 6.61 Å². The van der Waals surface area contributed by atoms with Gasteiger partial charge in [-0.3, -0.25) is 4.99 Å². The van der Waals surface area contributed by atoms with Crippen LogP contribution in [-0.2, 0) is 6.54 Å². The first-order valence-corrected chi connectivity index (χ1v) is 9.35. The monoisotopic (exact) mass is 517 g/mol. The molecule has 1 heterocycles. The zero-order valence-corrected chi connectivity index (χ0v) is 18.6. The Morgan fingerprint density at radius 2 is 1.76 bits per heavy atom. The van der Waals surface area contributed by atoms with E-state index in [4.69, 9.17) is 4.74 Å². The summed E-state index contributed by atoms with van der Waals surface area (Å²) in [5, 5.41) is 3.24. The number of nitrogens with zero attached hydrogens (tertiary/aromatic N) is 2. The summed E-state index contributed by atoms with van der Waals surface area (Å²) < 4.78 is 35.7. The molecule has 5 nitrogen and oxygen atoms in total. The molecule has 158 valence electrons. The summed E-state index contributed by atoms with van der Waals surface area (Å²) in [6, 6.07) is 16.6. The molecule has 0 aromatic heterocycles. The molecule has 0 radical (unpaired) electrons. The molecule has 0 bridgehead atoms. The zero-order chi connectivity index (χ0) is 19.8. The van der Waals surface area contributed by atoms with Crippen LogP contribution in [0, 0.1) is 0 Å². The van der Waals surface area contributed by atoms with Gasteiger partial charge in [0.15, 0.2) is 5.96 Å². The van der Waals surface area contributed by atoms with Crippen molar-refractivity contribution in [1.29, 1.82) is 0 Å². The maximum Gasteiger partial charge on any atom is 0.387 e. The maximum atomic E-state index is 12.6. The van der Waals surface area contributed by atoms with Crippen LogP contribution in [0.1, 0.15) is 18.4 Å². The lowest BCUT2D eigenvalue weighted by molar-refractivity contribution is -0.0504. The Morgan fingerprint density at radius 3 is 2.41 bits per heavy atom. The van der Waals surface area contributed by atoms with E-state index in [1.807, 2.05) is 30.3 Å². The highest BCUT2D eigenvalue weighted by Gasteiger charge is 2.23. The first-order chi connectivity index (χ1) is 13.7. The number of likely N-dealkylation sites (tertiary alicyclic amines) is 1. The highest BCUT2D eigenvalue weighted by Crippen LogP contribution is 2.21. The topological polar surface area (TPSA) is 46.1 Å². The Kier molecular flexibility index (Phi) is 9.43. The van der Waals surface area contributed by atoms with Crippen LogP contribution in [0.4, 0.5) is 8.78 Å². The number of para-hydroxylation sites is 2. The average molecular weight is 517 g/mol. The minimum atomic E-state index is -2.84. The zero-order valence-electron chi connectivity index (χ0n) is 16.3. The largest absolute Gasteiger partial charge is 0.490 e. The number of nitrogens with one attached hydrogen (secondary N) is 1. The third-order valence-corrected chi connectivity index (χ3v) is 4.62. The predicted molar refractivity (Wildman–Crippen MR) is 120 cm³/mol. The van der Waals surface area contributed by atoms with Crippen molar-refractivity contribution in [3.05, 3.63) is 60.2 Å². The standard InChI is InChI=1S/C21H25F2N3O2.HI/c1-24-21(25-15-16-7-5-6-10-19(16)28-20(22)23)26-13-11-18(12-14-26)27-17-8-3-2-4-9-17;/h2-10,18,20H,11-15H2,1H3,(H,24,25);1H. The van der Waals surface area contributed by atoms with Gasteiger partial charge < -0.3 is 19.7 Å². The van der Waals surface area contributed by atoms with Gasteiger partial charge in [-0.05, 0) is 18.2 Å². The SMILES string of the molecule is CN=C(NCc1ccccc1OC(F)F)N1CCC(Oc2ccccc2)CC1.I. The minimum absolute atomic E-state index is 0. The van der Waals surface area contributed by atoms with Crippen molar-refractivity contribution < 1.29 is 18.3 Å². The Balaban J connectivity index is 0.00000300. The van der Waals surface area contributed by atoms with Gasteiger partial charge in [-0.25, -0.2) is 0 Å². The Morgan fingerprint density at radius 1 is 1.10 bits per heavy atom. The fraction of sp³-hybridized carbons (Fsp3) is 0.381. The van der Waals surface area contributed by atoms with Crippen molar-refractivity contribution in [1.82, 2.24) is 10.2 Å². The van der Waals surface area contributed by atoms with Gasteiger partial charge in [0, 0.05) is 45.1 Å². The molecule has 0 amide bonds. The van der Waals surface area contributed by atoms with E-state index in [9.17, 15) is 8.78 Å². The number of halogens is 3. The van der Waals surface area contributed by atoms with Gasteiger partial charge in [-0.15, -0.1) is 24.0 Å². The van der Waals surface area contributed by atoms with Crippen molar-refractivity contribution >= 4 is 29.9 Å². The van der Waals surface area contributed by atoms with Crippen LogP contribution in [0.25, 0.3) is 0 Å². The van der Waals surface area contributed by atoms with E-state index in [1.54, 1.807) is 31.3 Å². The number of rotatable bonds is 6. The summed E-state index contributed by atoms with van der Waals surface area (Å²) >= 11 is 0. The second-order valence-electron chi connectivity index (χ2n) is 6.50. The molecule has 0 atom stereocenters. The van der Waals surface area contributed by atoms with E-state index in [1.165, 1.54) is 0 Å². The normalized spacial score (nSPS) is 15.0. The van der Waals surface area contributed by atoms with Crippen LogP contribution in [-0.4, -0.2) is 43.7 Å². The van der Waals surface area contributed by atoms with Gasteiger partial charge >= 0.3 is 6.61 Å². The predicted octanol–water partition coefficient (Wildman–Crippen LogP) is 4.52. The fourth-order valence-electron chi connectivity index (χ4n) is 3.24. The molecule has 1 aliphatic rings. The van der Waals surface area contributed by atoms with E-state index in [0.717, 1.165) is 37.6 Å². The van der Waals surface area contributed by atoms with Crippen molar-refractivity contribution in [2.45, 2.75) is 32.1 Å². The van der Waals surface area contributed by atoms with Crippen molar-refractivity contribution in [3.8, 4) is 11.5 Å². The third-order valence-electron chi connectivity index (χ3n) is 4.62. The lowest BCUT2D eigenvalue weighted by Gasteiger charge is -2.34. The quantitative estimate of drug-likeness (QED) is 0.348. The van der Waals surface area contributed by atoms with Gasteiger partial charge in [0.05, 0.1) is 0 Å². The van der Waals surface area contributed by atoms with Gasteiger partial charge in [0.2, 0.25) is 0 Å². The summed E-state index contributed by atoms with van der Waals surface area (Å²) in [5.74, 6) is 1.81. The van der Waals surface area contributed by atoms with Crippen LogP contribution in [0.15, 0.2) is 59.6 Å². The number of guanidine groups is 1. The highest BCUT2D eigenvalue weighted by atomic mass is 127. The Bertz CT molecular complexity index is 770. The second-order valence-corrected chi connectivity index (χ2v) is 6.50. The molecule has 1 fully saturated rings. The van der Waals surface area contributed by atoms with Gasteiger partial charge in [0.1, 0.15) is 17.6 Å². The van der Waals surface area contributed by atoms with Gasteiger partial charge in [0.25, 0.3) is 0 Å². The molecular formula is C21H26F2IN3O2. The molecule has 1 N–H and O–H groups in total. The Hall–Kier alpha value is -2.10. The first kappa shape index (κ1) is 23.2. The van der Waals surface area contributed by atoms with E-state index in [-0.39, 0.29) is 35.8 Å². The third kappa shape index (κ3) is 7.02. The molecule has 0 spiro atoms. The van der Waals surface area contributed by atoms with Crippen LogP contribution in [0.3, 0.4) is 0 Å². The maximum absolute atomic E-state index is 12.6. The number of ether oxygens (including phenoxy) is 2. The van der Waals surface area contributed by atoms with Gasteiger partial charge in [-0.2, -0.15) is 8.78 Å². The number of benzene rings is 2. The summed E-state index contributed by atoms with van der Waals surface area (Å²) in [4.78, 5) is 6.48. The molecule has 29 heavy (non-hydrogen) atoms. The number of alkyl halides is 2. The molecule has 0 unspecified atom stereocenters. The summed E-state index contributed by atoms with van der Waals surface area (Å²) in [6.45, 7) is -0.863. The summed E-state index contributed by atoms with van der Waals surface area (Å²) in [5.41, 5.74) is 0.659. The number of aliphatic imine (C=N–C) groups is 1. The van der Waals surface area contributed by atoms with Crippen molar-refractivity contribution in [2.24, 2.45) is 4.99 Å². The Labute approximate surface area is 187 Å². The van der Waals surface area contributed by atoms with Crippen LogP contribution in [0.2, 0.25) is 0 Å². The first-order valence-electron chi connectivity index (χ1n) is 9.35. The lowest BCUT2D eigenvalue weighted by atomic mass is 10.1. The molecule has 8 heteroatoms. The number of hydrogen-bond acceptors (Lipinski definition) is 3. The molecule has 2 aromatic rings. The number of hydrogen-bond donors (Lipinski definition) is 1. The molecular weight excluding hydrogens is 491 g/mol. The van der Waals surface area contributed by atoms with Crippen LogP contribution in [0.5, 0.6) is 11.5 Å². The van der Waals surface area contributed by atoms with E-state index in [2.05, 4.69) is 19.9 Å². The summed E-state index contributed by atoms with van der Waals surface area (Å²) in [7, 11) is 1.72. The van der Waals surface area contributed by atoms with Gasteiger partial charge in [-0.1, -0.05) is 36.4 Å². The molecule has 0 saturated carbocycles. The molecule has 1 aliphatic heterocycles. The van der Waals surface area contributed by atoms with Crippen molar-refractivity contribution in [3.63, 3.8) is 0 Å².